The van der Waals surface area contributed by atoms with Gasteiger partial charge < -0.3 is 31.1 Å². The third-order valence-corrected chi connectivity index (χ3v) is 6.60. The lowest BCUT2D eigenvalue weighted by Crippen LogP contribution is -2.48. The third-order valence-electron chi connectivity index (χ3n) is 6.60. The van der Waals surface area contributed by atoms with Gasteiger partial charge in [0.2, 0.25) is 0 Å². The summed E-state index contributed by atoms with van der Waals surface area (Å²) in [6.45, 7) is 1.86. The molecule has 1 aliphatic heterocycles. The zero-order valence-electron chi connectivity index (χ0n) is 19.0. The van der Waals surface area contributed by atoms with Crippen molar-refractivity contribution in [3.63, 3.8) is 0 Å². The Morgan fingerprint density at radius 3 is 2.85 bits per heavy atom. The number of nitrogens with one attached hydrogen (secondary N) is 3. The highest BCUT2D eigenvalue weighted by Gasteiger charge is 2.36. The molecule has 2 aromatic heterocycles. The van der Waals surface area contributed by atoms with Gasteiger partial charge >= 0.3 is 0 Å². The van der Waals surface area contributed by atoms with Gasteiger partial charge in [0.15, 0.2) is 11.9 Å². The van der Waals surface area contributed by atoms with Crippen molar-refractivity contribution in [2.24, 2.45) is 0 Å². The molecule has 0 spiro atoms. The van der Waals surface area contributed by atoms with Crippen LogP contribution in [0.25, 0.3) is 5.65 Å². The fourth-order valence-corrected chi connectivity index (χ4v) is 4.69. The average Bonchev–Trinajstić information content (AvgIpc) is 3.49. The van der Waals surface area contributed by atoms with Crippen molar-refractivity contribution < 1.29 is 15.0 Å². The first kappa shape index (κ1) is 21.7. The van der Waals surface area contributed by atoms with Crippen molar-refractivity contribution in [1.82, 2.24) is 24.8 Å². The van der Waals surface area contributed by atoms with Crippen LogP contribution in [0.15, 0.2) is 36.3 Å². The number of rotatable bonds is 6. The van der Waals surface area contributed by atoms with Gasteiger partial charge in [-0.15, -0.1) is 0 Å². The molecular formula is C23H31N7O3. The molecule has 0 saturated heterocycles. The molecule has 3 heterocycles. The summed E-state index contributed by atoms with van der Waals surface area (Å²) in [7, 11) is 1.78. The third kappa shape index (κ3) is 4.40. The summed E-state index contributed by atoms with van der Waals surface area (Å²) < 4.78 is 1.59. The number of fused-ring (bicyclic) bond motifs is 1. The maximum absolute atomic E-state index is 12.7. The molecule has 10 nitrogen and oxygen atoms in total. The number of carbonyl (C=O) groups is 1. The smallest absolute Gasteiger partial charge is 0.256 e. The van der Waals surface area contributed by atoms with Crippen molar-refractivity contribution in [3.05, 3.63) is 41.9 Å². The largest absolute Gasteiger partial charge is 0.390 e. The summed E-state index contributed by atoms with van der Waals surface area (Å²) in [5.74, 6) is 0.966. The number of carbonyl (C=O) groups excluding carboxylic acids is 1. The molecule has 176 valence electrons. The molecule has 0 bridgehead atoms. The van der Waals surface area contributed by atoms with Gasteiger partial charge in [-0.1, -0.05) is 0 Å². The second-order valence-corrected chi connectivity index (χ2v) is 9.47. The summed E-state index contributed by atoms with van der Waals surface area (Å²) in [5.41, 5.74) is 0.694. The second-order valence-electron chi connectivity index (χ2n) is 9.47. The Bertz CT molecular complexity index is 1120. The molecule has 3 aliphatic rings. The van der Waals surface area contributed by atoms with Crippen LogP contribution in [0.1, 0.15) is 55.8 Å². The van der Waals surface area contributed by atoms with E-state index in [0.717, 1.165) is 32.1 Å². The first-order valence-electron chi connectivity index (χ1n) is 11.6. The van der Waals surface area contributed by atoms with Gasteiger partial charge in [-0.2, -0.15) is 9.61 Å². The molecule has 2 saturated carbocycles. The standard InChI is InChI=1S/C23H31N7O3/c1-23(33)9-3-5-15(12-23)29-10-4-6-17(22(29)32)27-18-11-19(24-2)30-20(28-18)16(13-25-30)21(31)26-14-7-8-14/h4,6,10-11,13-15,22,24,32-33H,3,5,7-9,12H2,1-2H3,(H,26,31)(H,27,28)/t15?,22?,23-/m0/s1. The van der Waals surface area contributed by atoms with E-state index in [0.29, 0.717) is 35.0 Å². The van der Waals surface area contributed by atoms with E-state index in [1.165, 1.54) is 6.20 Å². The molecule has 0 aromatic carbocycles. The van der Waals surface area contributed by atoms with Crippen LogP contribution in [0.5, 0.6) is 0 Å². The highest BCUT2D eigenvalue weighted by Crippen LogP contribution is 2.33. The number of aromatic nitrogens is 3. The molecule has 0 radical (unpaired) electrons. The van der Waals surface area contributed by atoms with Gasteiger partial charge in [0.05, 0.1) is 17.5 Å². The monoisotopic (exact) mass is 453 g/mol. The van der Waals surface area contributed by atoms with E-state index in [2.05, 4.69) is 26.0 Å². The lowest BCUT2D eigenvalue weighted by Gasteiger charge is -2.43. The van der Waals surface area contributed by atoms with Crippen LogP contribution in [0.2, 0.25) is 0 Å². The fraction of sp³-hybridized carbons (Fsp3) is 0.522. The maximum Gasteiger partial charge on any atom is 0.256 e. The number of aliphatic hydroxyl groups excluding tert-OH is 1. The van der Waals surface area contributed by atoms with E-state index in [1.54, 1.807) is 17.6 Å². The van der Waals surface area contributed by atoms with Crippen LogP contribution < -0.4 is 16.0 Å². The second kappa shape index (κ2) is 8.35. The number of nitrogens with zero attached hydrogens (tertiary/aromatic N) is 4. The molecule has 5 N–H and O–H groups in total. The molecule has 3 atom stereocenters. The van der Waals surface area contributed by atoms with E-state index in [-0.39, 0.29) is 18.0 Å². The molecule has 33 heavy (non-hydrogen) atoms. The van der Waals surface area contributed by atoms with E-state index in [1.807, 2.05) is 30.2 Å². The Morgan fingerprint density at radius 2 is 2.12 bits per heavy atom. The first-order chi connectivity index (χ1) is 15.8. The highest BCUT2D eigenvalue weighted by molar-refractivity contribution is 6.00. The zero-order valence-corrected chi connectivity index (χ0v) is 19.0. The Balaban J connectivity index is 1.39. The van der Waals surface area contributed by atoms with Crippen molar-refractivity contribution in [2.45, 2.75) is 69.4 Å². The Morgan fingerprint density at radius 1 is 1.30 bits per heavy atom. The molecule has 2 unspecified atom stereocenters. The summed E-state index contributed by atoms with van der Waals surface area (Å²) >= 11 is 0. The van der Waals surface area contributed by atoms with E-state index in [4.69, 9.17) is 0 Å². The molecule has 10 heteroatoms. The van der Waals surface area contributed by atoms with Crippen LogP contribution in [-0.2, 0) is 0 Å². The highest BCUT2D eigenvalue weighted by atomic mass is 16.3. The molecule has 1 amide bonds. The first-order valence-corrected chi connectivity index (χ1v) is 11.6. The summed E-state index contributed by atoms with van der Waals surface area (Å²) in [6, 6.07) is 2.06. The number of amides is 1. The lowest BCUT2D eigenvalue weighted by molar-refractivity contribution is -0.0404. The summed E-state index contributed by atoms with van der Waals surface area (Å²) in [4.78, 5) is 19.2. The van der Waals surface area contributed by atoms with Crippen LogP contribution in [0.4, 0.5) is 11.6 Å². The Hall–Kier alpha value is -3.11. The van der Waals surface area contributed by atoms with Gasteiger partial charge in [-0.05, 0) is 57.6 Å². The lowest BCUT2D eigenvalue weighted by atomic mass is 9.82. The fourth-order valence-electron chi connectivity index (χ4n) is 4.69. The van der Waals surface area contributed by atoms with Crippen LogP contribution >= 0.6 is 0 Å². The Labute approximate surface area is 192 Å². The van der Waals surface area contributed by atoms with Crippen molar-refractivity contribution in [2.75, 3.05) is 17.7 Å². The maximum atomic E-state index is 12.7. The van der Waals surface area contributed by atoms with Crippen molar-refractivity contribution in [3.8, 4) is 0 Å². The molecular weight excluding hydrogens is 422 g/mol. The summed E-state index contributed by atoms with van der Waals surface area (Å²) in [6.07, 6.45) is 11.4. The normalized spacial score (nSPS) is 27.4. The van der Waals surface area contributed by atoms with Crippen LogP contribution in [0, 0.1) is 0 Å². The van der Waals surface area contributed by atoms with Gasteiger partial charge in [0.1, 0.15) is 17.2 Å². The van der Waals surface area contributed by atoms with Crippen LogP contribution in [-0.4, -0.2) is 66.6 Å². The summed E-state index contributed by atoms with van der Waals surface area (Å²) in [5, 5.41) is 35.2. The molecule has 2 aromatic rings. The number of anilines is 2. The topological polar surface area (TPSA) is 127 Å². The quantitative estimate of drug-likeness (QED) is 0.448. The molecule has 5 rings (SSSR count). The van der Waals surface area contributed by atoms with Gasteiger partial charge in [0.25, 0.3) is 5.91 Å². The Kier molecular flexibility index (Phi) is 5.49. The number of allylic oxidation sites excluding steroid dienone is 2. The number of aliphatic hydroxyl groups is 2. The molecule has 2 aliphatic carbocycles. The van der Waals surface area contributed by atoms with Gasteiger partial charge in [-0.3, -0.25) is 4.79 Å². The van der Waals surface area contributed by atoms with Crippen molar-refractivity contribution >= 4 is 23.2 Å². The molecule has 2 fully saturated rings. The predicted molar refractivity (Wildman–Crippen MR) is 125 cm³/mol. The van der Waals surface area contributed by atoms with E-state index < -0.39 is 11.8 Å². The van der Waals surface area contributed by atoms with Crippen molar-refractivity contribution in [1.29, 1.82) is 0 Å². The van der Waals surface area contributed by atoms with E-state index >= 15 is 0 Å². The minimum atomic E-state index is -0.896. The van der Waals surface area contributed by atoms with Crippen LogP contribution in [0.3, 0.4) is 0 Å². The minimum absolute atomic E-state index is 0.0429. The van der Waals surface area contributed by atoms with Gasteiger partial charge in [-0.25, -0.2) is 4.98 Å². The average molecular weight is 454 g/mol. The van der Waals surface area contributed by atoms with E-state index in [9.17, 15) is 15.0 Å². The zero-order chi connectivity index (χ0) is 23.2. The minimum Gasteiger partial charge on any atom is -0.390 e. The van der Waals surface area contributed by atoms with Gasteiger partial charge in [0, 0.05) is 31.4 Å². The number of hydrogen-bond donors (Lipinski definition) is 5. The number of hydrogen-bond acceptors (Lipinski definition) is 8. The predicted octanol–water partition coefficient (Wildman–Crippen LogP) is 1.80. The SMILES string of the molecule is CNc1cc(NC2=CC=CN(C3CCC[C@](C)(O)C3)C2O)nc2c(C(=O)NC3CC3)cnn12.